The van der Waals surface area contributed by atoms with E-state index in [1.54, 1.807) is 4.90 Å². The molecule has 0 aromatic heterocycles. The van der Waals surface area contributed by atoms with E-state index in [1.165, 1.54) is 18.2 Å². The van der Waals surface area contributed by atoms with Gasteiger partial charge < -0.3 is 15.0 Å². The maximum atomic E-state index is 13.2. The van der Waals surface area contributed by atoms with Gasteiger partial charge in [0.05, 0.1) is 13.2 Å². The molecular weight excluding hydrogens is 275 g/mol. The average Bonchev–Trinajstić information content (AvgIpc) is 2.46. The third-order valence-electron chi connectivity index (χ3n) is 3.29. The van der Waals surface area contributed by atoms with Crippen molar-refractivity contribution in [2.75, 3.05) is 24.7 Å². The number of amides is 1. The predicted octanol–water partition coefficient (Wildman–Crippen LogP) is 1.37. The van der Waals surface area contributed by atoms with Crippen LogP contribution in [0.25, 0.3) is 0 Å². The number of benzene rings is 1. The molecule has 0 aliphatic carbocycles. The standard InChI is InChI=1S/C15H19FN2O3/c1-10(2)17-15(20)14-9-21-6-5-18(14)13-4-3-12(16)7-11(13)8-19/h3-4,7-8,10,14H,5-6,9H2,1-2H3,(H,17,20). The van der Waals surface area contributed by atoms with E-state index >= 15 is 0 Å². The quantitative estimate of drug-likeness (QED) is 0.852. The summed E-state index contributed by atoms with van der Waals surface area (Å²) in [6.07, 6.45) is 0.602. The molecule has 1 amide bonds. The van der Waals surface area contributed by atoms with Crippen molar-refractivity contribution in [2.45, 2.75) is 25.9 Å². The van der Waals surface area contributed by atoms with Crippen LogP contribution < -0.4 is 10.2 Å². The Morgan fingerprint density at radius 1 is 1.52 bits per heavy atom. The normalized spacial score (nSPS) is 18.7. The van der Waals surface area contributed by atoms with Crippen LogP contribution in [0.1, 0.15) is 24.2 Å². The Balaban J connectivity index is 2.30. The van der Waals surface area contributed by atoms with E-state index in [4.69, 9.17) is 4.74 Å². The summed E-state index contributed by atoms with van der Waals surface area (Å²) in [4.78, 5) is 25.2. The van der Waals surface area contributed by atoms with Crippen molar-refractivity contribution in [3.63, 3.8) is 0 Å². The van der Waals surface area contributed by atoms with E-state index in [2.05, 4.69) is 5.32 Å². The first-order valence-corrected chi connectivity index (χ1v) is 6.92. The van der Waals surface area contributed by atoms with Crippen LogP contribution in [0, 0.1) is 5.82 Å². The van der Waals surface area contributed by atoms with Gasteiger partial charge in [-0.15, -0.1) is 0 Å². The summed E-state index contributed by atoms with van der Waals surface area (Å²) in [5.41, 5.74) is 0.790. The highest BCUT2D eigenvalue weighted by Gasteiger charge is 2.31. The average molecular weight is 294 g/mol. The maximum Gasteiger partial charge on any atom is 0.245 e. The van der Waals surface area contributed by atoms with Gasteiger partial charge in [0.1, 0.15) is 11.9 Å². The first-order valence-electron chi connectivity index (χ1n) is 6.92. The Bertz CT molecular complexity index is 534. The van der Waals surface area contributed by atoms with Gasteiger partial charge in [-0.05, 0) is 32.0 Å². The molecule has 6 heteroatoms. The molecule has 5 nitrogen and oxygen atoms in total. The molecule has 0 spiro atoms. The van der Waals surface area contributed by atoms with Crippen LogP contribution in [-0.4, -0.2) is 44.0 Å². The summed E-state index contributed by atoms with van der Waals surface area (Å²) in [5.74, 6) is -0.636. The van der Waals surface area contributed by atoms with Crippen LogP contribution in [0.5, 0.6) is 0 Å². The zero-order valence-corrected chi connectivity index (χ0v) is 12.1. The van der Waals surface area contributed by atoms with Gasteiger partial charge in [0.2, 0.25) is 5.91 Å². The van der Waals surface area contributed by atoms with Crippen molar-refractivity contribution in [3.05, 3.63) is 29.6 Å². The third-order valence-corrected chi connectivity index (χ3v) is 3.29. The number of rotatable bonds is 4. The van der Waals surface area contributed by atoms with Crippen molar-refractivity contribution in [1.29, 1.82) is 0 Å². The van der Waals surface area contributed by atoms with Gasteiger partial charge in [-0.3, -0.25) is 9.59 Å². The van der Waals surface area contributed by atoms with Crippen LogP contribution in [0.2, 0.25) is 0 Å². The van der Waals surface area contributed by atoms with E-state index < -0.39 is 11.9 Å². The Morgan fingerprint density at radius 2 is 2.29 bits per heavy atom. The zero-order chi connectivity index (χ0) is 15.4. The highest BCUT2D eigenvalue weighted by Crippen LogP contribution is 2.24. The molecule has 1 saturated heterocycles. The van der Waals surface area contributed by atoms with Crippen LogP contribution in [0.3, 0.4) is 0 Å². The lowest BCUT2D eigenvalue weighted by molar-refractivity contribution is -0.125. The van der Waals surface area contributed by atoms with Gasteiger partial charge in [-0.25, -0.2) is 4.39 Å². The fraction of sp³-hybridized carbons (Fsp3) is 0.467. The summed E-state index contributed by atoms with van der Waals surface area (Å²) in [7, 11) is 0. The number of anilines is 1. The minimum absolute atomic E-state index is 0.0139. The zero-order valence-electron chi connectivity index (χ0n) is 12.1. The highest BCUT2D eigenvalue weighted by molar-refractivity contribution is 5.90. The van der Waals surface area contributed by atoms with Crippen molar-refractivity contribution in [1.82, 2.24) is 5.32 Å². The van der Waals surface area contributed by atoms with Gasteiger partial charge in [-0.2, -0.15) is 0 Å². The largest absolute Gasteiger partial charge is 0.377 e. The lowest BCUT2D eigenvalue weighted by Gasteiger charge is -2.37. The van der Waals surface area contributed by atoms with E-state index in [0.29, 0.717) is 25.1 Å². The molecule has 2 rings (SSSR count). The van der Waals surface area contributed by atoms with E-state index in [0.717, 1.165) is 0 Å². The number of nitrogens with one attached hydrogen (secondary N) is 1. The van der Waals surface area contributed by atoms with E-state index in [-0.39, 0.29) is 24.1 Å². The molecule has 0 bridgehead atoms. The van der Waals surface area contributed by atoms with Gasteiger partial charge in [0.25, 0.3) is 0 Å². The number of carbonyl (C=O) groups excluding carboxylic acids is 2. The minimum atomic E-state index is -0.523. The molecule has 1 aromatic carbocycles. The molecule has 1 aliphatic heterocycles. The first kappa shape index (κ1) is 15.4. The number of halogens is 1. The van der Waals surface area contributed by atoms with E-state index in [1.807, 2.05) is 13.8 Å². The monoisotopic (exact) mass is 294 g/mol. The fourth-order valence-corrected chi connectivity index (χ4v) is 2.37. The number of aldehydes is 1. The summed E-state index contributed by atoms with van der Waals surface area (Å²) >= 11 is 0. The number of morpholine rings is 1. The van der Waals surface area contributed by atoms with Crippen LogP contribution in [-0.2, 0) is 9.53 Å². The lowest BCUT2D eigenvalue weighted by Crippen LogP contribution is -2.55. The molecule has 114 valence electrons. The summed E-state index contributed by atoms with van der Waals surface area (Å²) in [5, 5.41) is 2.84. The lowest BCUT2D eigenvalue weighted by atomic mass is 10.1. The highest BCUT2D eigenvalue weighted by atomic mass is 19.1. The molecular formula is C15H19FN2O3. The van der Waals surface area contributed by atoms with Gasteiger partial charge in [0.15, 0.2) is 6.29 Å². The second-order valence-electron chi connectivity index (χ2n) is 5.27. The number of ether oxygens (including phenoxy) is 1. The predicted molar refractivity (Wildman–Crippen MR) is 77.0 cm³/mol. The molecule has 1 aromatic rings. The van der Waals surface area contributed by atoms with Gasteiger partial charge in [0, 0.05) is 23.8 Å². The fourth-order valence-electron chi connectivity index (χ4n) is 2.37. The van der Waals surface area contributed by atoms with Gasteiger partial charge in [-0.1, -0.05) is 0 Å². The van der Waals surface area contributed by atoms with Crippen LogP contribution >= 0.6 is 0 Å². The second kappa shape index (κ2) is 6.67. The number of nitrogens with zero attached hydrogens (tertiary/aromatic N) is 1. The van der Waals surface area contributed by atoms with Crippen molar-refractivity contribution < 1.29 is 18.7 Å². The Labute approximate surface area is 123 Å². The Kier molecular flexibility index (Phi) is 4.90. The number of hydrogen-bond donors (Lipinski definition) is 1. The SMILES string of the molecule is CC(C)NC(=O)C1COCCN1c1ccc(F)cc1C=O. The van der Waals surface area contributed by atoms with Crippen molar-refractivity contribution in [3.8, 4) is 0 Å². The smallest absolute Gasteiger partial charge is 0.245 e. The minimum Gasteiger partial charge on any atom is -0.377 e. The molecule has 1 N–H and O–H groups in total. The van der Waals surface area contributed by atoms with Crippen molar-refractivity contribution >= 4 is 17.9 Å². The molecule has 1 atom stereocenters. The molecule has 0 radical (unpaired) electrons. The molecule has 1 heterocycles. The van der Waals surface area contributed by atoms with Crippen LogP contribution in [0.4, 0.5) is 10.1 Å². The maximum absolute atomic E-state index is 13.2. The van der Waals surface area contributed by atoms with Gasteiger partial charge >= 0.3 is 0 Å². The summed E-state index contributed by atoms with van der Waals surface area (Å²) in [6, 6.07) is 3.48. The third kappa shape index (κ3) is 3.58. The number of carbonyl (C=O) groups is 2. The van der Waals surface area contributed by atoms with E-state index in [9.17, 15) is 14.0 Å². The Hall–Kier alpha value is -1.95. The second-order valence-corrected chi connectivity index (χ2v) is 5.27. The first-order chi connectivity index (χ1) is 10.0. The van der Waals surface area contributed by atoms with Crippen molar-refractivity contribution in [2.24, 2.45) is 0 Å². The topological polar surface area (TPSA) is 58.6 Å². The Morgan fingerprint density at radius 3 is 2.95 bits per heavy atom. The molecule has 0 saturated carbocycles. The number of hydrogen-bond acceptors (Lipinski definition) is 4. The molecule has 21 heavy (non-hydrogen) atoms. The summed E-state index contributed by atoms with van der Waals surface area (Å²) in [6.45, 7) is 4.93. The molecule has 1 unspecified atom stereocenters. The molecule has 1 aliphatic rings. The summed E-state index contributed by atoms with van der Waals surface area (Å²) < 4.78 is 18.6. The molecule has 1 fully saturated rings. The van der Waals surface area contributed by atoms with Crippen LogP contribution in [0.15, 0.2) is 18.2 Å².